The molecule has 1 aliphatic heterocycles. The number of nitrogens with two attached hydrogens (primary N) is 1. The van der Waals surface area contributed by atoms with Crippen molar-refractivity contribution in [1.82, 2.24) is 29.9 Å². The Morgan fingerprint density at radius 2 is 1.72 bits per heavy atom. The van der Waals surface area contributed by atoms with Crippen LogP contribution in [0.2, 0.25) is 10.0 Å². The monoisotopic (exact) mass is 829 g/mol. The van der Waals surface area contributed by atoms with Crippen LogP contribution in [0.5, 0.6) is 5.88 Å². The first-order chi connectivity index (χ1) is 27.6. The topological polar surface area (TPSA) is 190 Å². The van der Waals surface area contributed by atoms with Crippen molar-refractivity contribution in [3.63, 3.8) is 0 Å². The number of ether oxygens (including phenoxy) is 2. The van der Waals surface area contributed by atoms with Crippen molar-refractivity contribution in [3.8, 4) is 39.4 Å². The molecule has 4 heterocycles. The van der Waals surface area contributed by atoms with Gasteiger partial charge in [-0.2, -0.15) is 0 Å². The number of aliphatic hydroxyl groups is 1. The number of hydrogen-bond donors (Lipinski definition) is 4. The first kappa shape index (κ1) is 42.1. The van der Waals surface area contributed by atoms with Crippen molar-refractivity contribution in [2.24, 2.45) is 5.73 Å². The largest absolute Gasteiger partial charge is 0.481 e. The Hall–Kier alpha value is -5.54. The summed E-state index contributed by atoms with van der Waals surface area (Å²) in [7, 11) is 1.51. The molecule has 0 bridgehead atoms. The molecular formula is C42H45Cl2N7O7. The highest BCUT2D eigenvalue weighted by atomic mass is 35.5. The van der Waals surface area contributed by atoms with E-state index >= 15 is 0 Å². The van der Waals surface area contributed by atoms with Gasteiger partial charge in [0, 0.05) is 77.9 Å². The first-order valence-electron chi connectivity index (χ1n) is 18.7. The number of hydrogen-bond acceptors (Lipinski definition) is 10. The molecule has 16 heteroatoms. The van der Waals surface area contributed by atoms with Gasteiger partial charge in [-0.3, -0.25) is 18.8 Å². The highest BCUT2D eigenvalue weighted by Gasteiger charge is 2.29. The van der Waals surface area contributed by atoms with Crippen LogP contribution in [-0.2, 0) is 27.4 Å². The number of primary amides is 1. The molecule has 1 saturated heterocycles. The van der Waals surface area contributed by atoms with Gasteiger partial charge in [-0.1, -0.05) is 59.6 Å². The molecule has 0 radical (unpaired) electrons. The molecule has 3 amide bonds. The fourth-order valence-electron chi connectivity index (χ4n) is 6.71. The molecule has 3 aromatic heterocycles. The molecule has 5 N–H and O–H groups in total. The lowest BCUT2D eigenvalue weighted by Crippen LogP contribution is -2.43. The number of nitrogens with one attached hydrogen (secondary N) is 2. The van der Waals surface area contributed by atoms with Crippen LogP contribution in [0, 0.1) is 0 Å². The van der Waals surface area contributed by atoms with Crippen LogP contribution in [-0.4, -0.2) is 80.2 Å². The van der Waals surface area contributed by atoms with Gasteiger partial charge in [-0.05, 0) is 57.0 Å². The number of halogens is 2. The summed E-state index contributed by atoms with van der Waals surface area (Å²) < 4.78 is 12.8. The van der Waals surface area contributed by atoms with E-state index in [1.165, 1.54) is 17.7 Å². The van der Waals surface area contributed by atoms with Crippen molar-refractivity contribution in [2.75, 3.05) is 20.2 Å². The molecule has 58 heavy (non-hydrogen) atoms. The molecule has 6 rings (SSSR count). The first-order valence-corrected chi connectivity index (χ1v) is 19.4. The van der Waals surface area contributed by atoms with Crippen molar-refractivity contribution in [2.45, 2.75) is 70.9 Å². The SMILES string of the molecule is COc1nc(-c2cccc(-c3cccc(-c4ccn5c(=O)c(CNC[C@@H](O)CC(N)=O)cnc5c4)c3Cl)c2Cl)ccc1CN(C[C@@H]1CCC(=O)N1)C(=O)OC(C)(C)C. The van der Waals surface area contributed by atoms with Gasteiger partial charge in [0.05, 0.1) is 41.9 Å². The number of aromatic nitrogens is 3. The number of methoxy groups -OCH3 is 1. The number of fused-ring (bicyclic) bond motifs is 1. The zero-order valence-electron chi connectivity index (χ0n) is 32.6. The fraction of sp³-hybridized carbons (Fsp3) is 0.333. The smallest absolute Gasteiger partial charge is 0.410 e. The molecule has 304 valence electrons. The summed E-state index contributed by atoms with van der Waals surface area (Å²) in [5.74, 6) is -0.362. The third-order valence-electron chi connectivity index (χ3n) is 9.46. The second-order valence-electron chi connectivity index (χ2n) is 15.1. The van der Waals surface area contributed by atoms with E-state index in [9.17, 15) is 24.3 Å². The molecule has 0 saturated carbocycles. The number of amides is 3. The summed E-state index contributed by atoms with van der Waals surface area (Å²) in [5, 5.41) is 16.6. The predicted molar refractivity (Wildman–Crippen MR) is 221 cm³/mol. The summed E-state index contributed by atoms with van der Waals surface area (Å²) in [6.45, 7) is 6.02. The molecule has 14 nitrogen and oxygen atoms in total. The van der Waals surface area contributed by atoms with E-state index in [2.05, 4.69) is 15.6 Å². The lowest BCUT2D eigenvalue weighted by molar-refractivity contribution is -0.120. The van der Waals surface area contributed by atoms with Crippen LogP contribution in [0.4, 0.5) is 4.79 Å². The Bertz CT molecular complexity index is 2420. The Morgan fingerprint density at radius 3 is 2.38 bits per heavy atom. The summed E-state index contributed by atoms with van der Waals surface area (Å²) in [4.78, 5) is 60.3. The minimum atomic E-state index is -0.962. The van der Waals surface area contributed by atoms with E-state index in [1.54, 1.807) is 44.0 Å². The van der Waals surface area contributed by atoms with Gasteiger partial charge in [0.25, 0.3) is 5.56 Å². The number of nitrogens with zero attached hydrogens (tertiary/aromatic N) is 4. The van der Waals surface area contributed by atoms with Gasteiger partial charge in [-0.25, -0.2) is 14.8 Å². The third-order valence-corrected chi connectivity index (χ3v) is 10.3. The Kier molecular flexibility index (Phi) is 13.0. The normalized spacial score (nSPS) is 14.6. The van der Waals surface area contributed by atoms with E-state index in [0.717, 1.165) is 5.56 Å². The molecule has 2 aromatic carbocycles. The maximum absolute atomic E-state index is 13.3. The van der Waals surface area contributed by atoms with Crippen LogP contribution < -0.4 is 26.7 Å². The predicted octanol–water partition coefficient (Wildman–Crippen LogP) is 5.75. The lowest BCUT2D eigenvalue weighted by Gasteiger charge is -2.29. The lowest BCUT2D eigenvalue weighted by atomic mass is 9.97. The second-order valence-corrected chi connectivity index (χ2v) is 15.8. The average molecular weight is 831 g/mol. The highest BCUT2D eigenvalue weighted by molar-refractivity contribution is 6.39. The van der Waals surface area contributed by atoms with Gasteiger partial charge < -0.3 is 35.8 Å². The number of pyridine rings is 2. The van der Waals surface area contributed by atoms with Gasteiger partial charge in [0.15, 0.2) is 0 Å². The number of rotatable bonds is 14. The fourth-order valence-corrected chi connectivity index (χ4v) is 7.37. The standard InChI is InChI=1S/C42H45Cl2N7O7/c1-42(2,3)58-41(56)50(23-27-12-14-36(54)48-27)22-25-11-13-33(49-39(25)57-4)32-10-6-9-31(38(32)44)30-8-5-7-29(37(30)43)24-15-16-51-35(17-24)47-20-26(40(51)55)19-46-21-28(52)18-34(45)53/h5-11,13,15-17,20,27-28,46,52H,12,14,18-19,21-23H2,1-4H3,(H2,45,53)(H,48,54)/t27-,28-/m0/s1. The van der Waals surface area contributed by atoms with Crippen LogP contribution in [0.3, 0.4) is 0 Å². The zero-order chi connectivity index (χ0) is 41.7. The second kappa shape index (κ2) is 17.9. The Labute approximate surface area is 345 Å². The number of aliphatic hydroxyl groups excluding tert-OH is 1. The average Bonchev–Trinajstić information content (AvgIpc) is 3.59. The van der Waals surface area contributed by atoms with Gasteiger partial charge >= 0.3 is 6.09 Å². The highest BCUT2D eigenvalue weighted by Crippen LogP contribution is 2.42. The van der Waals surface area contributed by atoms with Gasteiger partial charge in [0.1, 0.15) is 11.2 Å². The van der Waals surface area contributed by atoms with E-state index < -0.39 is 23.7 Å². The summed E-state index contributed by atoms with van der Waals surface area (Å²) in [5.41, 5.74) is 9.49. The molecular weight excluding hydrogens is 785 g/mol. The molecule has 0 aliphatic carbocycles. The summed E-state index contributed by atoms with van der Waals surface area (Å²) in [6, 6.07) is 18.2. The van der Waals surface area contributed by atoms with Crippen LogP contribution in [0.25, 0.3) is 39.2 Å². The molecule has 0 unspecified atom stereocenters. The van der Waals surface area contributed by atoms with Crippen molar-refractivity contribution in [1.29, 1.82) is 0 Å². The summed E-state index contributed by atoms with van der Waals surface area (Å²) >= 11 is 14.2. The van der Waals surface area contributed by atoms with Crippen molar-refractivity contribution < 1.29 is 29.0 Å². The zero-order valence-corrected chi connectivity index (χ0v) is 34.1. The molecule has 0 spiro atoms. The Morgan fingerprint density at radius 1 is 1.03 bits per heavy atom. The third kappa shape index (κ3) is 9.94. The molecule has 5 aromatic rings. The van der Waals surface area contributed by atoms with E-state index in [1.807, 2.05) is 48.5 Å². The molecule has 1 aliphatic rings. The van der Waals surface area contributed by atoms with E-state index in [4.69, 9.17) is 43.4 Å². The van der Waals surface area contributed by atoms with Crippen LogP contribution in [0.1, 0.15) is 51.2 Å². The maximum atomic E-state index is 13.3. The van der Waals surface area contributed by atoms with Crippen molar-refractivity contribution in [3.05, 3.63) is 105 Å². The number of carbonyl (C=O) groups is 3. The maximum Gasteiger partial charge on any atom is 0.410 e. The van der Waals surface area contributed by atoms with Crippen LogP contribution >= 0.6 is 23.2 Å². The number of carbonyl (C=O) groups excluding carboxylic acids is 3. The van der Waals surface area contributed by atoms with Crippen LogP contribution in [0.15, 0.2) is 77.9 Å². The Balaban J connectivity index is 1.25. The van der Waals surface area contributed by atoms with Crippen molar-refractivity contribution >= 4 is 46.8 Å². The quantitative estimate of drug-likeness (QED) is 0.107. The minimum absolute atomic E-state index is 0.0480. The summed E-state index contributed by atoms with van der Waals surface area (Å²) in [6.07, 6.45) is 2.46. The molecule has 2 atom stereocenters. The van der Waals surface area contributed by atoms with Gasteiger partial charge in [0.2, 0.25) is 17.7 Å². The van der Waals surface area contributed by atoms with E-state index in [0.29, 0.717) is 73.5 Å². The number of benzene rings is 2. The van der Waals surface area contributed by atoms with E-state index in [-0.39, 0.29) is 50.1 Å². The molecule has 1 fully saturated rings. The van der Waals surface area contributed by atoms with Gasteiger partial charge in [-0.15, -0.1) is 0 Å². The minimum Gasteiger partial charge on any atom is -0.481 e.